The average Bonchev–Trinajstić information content (AvgIpc) is 3.30. The number of hydrogen-bond acceptors (Lipinski definition) is 6. The molecule has 0 spiro atoms. The molecule has 0 aromatic heterocycles. The molecule has 0 aliphatic heterocycles. The van der Waals surface area contributed by atoms with Gasteiger partial charge in [-0.25, -0.2) is 0 Å². The summed E-state index contributed by atoms with van der Waals surface area (Å²) in [6.07, 6.45) is 66.5. The minimum atomic E-state index is -0.793. The smallest absolute Gasteiger partial charge is 0.306 e. The molecule has 0 bridgehead atoms. The largest absolute Gasteiger partial charge is 0.462 e. The Kier molecular flexibility index (Phi) is 51.3. The fourth-order valence-corrected chi connectivity index (χ4v) is 7.84. The van der Waals surface area contributed by atoms with Crippen LogP contribution in [0, 0.1) is 0 Å². The number of allylic oxidation sites excluding steroid dienone is 10. The van der Waals surface area contributed by atoms with Crippen LogP contribution in [0.4, 0.5) is 0 Å². The second-order valence-electron chi connectivity index (χ2n) is 18.5. The molecule has 0 saturated carbocycles. The number of unbranched alkanes of at least 4 members (excludes halogenated alkanes) is 29. The topological polar surface area (TPSA) is 78.9 Å². The van der Waals surface area contributed by atoms with Gasteiger partial charge in [0.05, 0.1) is 0 Å². The van der Waals surface area contributed by atoms with Crippen molar-refractivity contribution in [3.8, 4) is 0 Å². The first-order chi connectivity index (χ1) is 32.0. The number of ether oxygens (including phenoxy) is 3. The highest BCUT2D eigenvalue weighted by Crippen LogP contribution is 2.15. The molecule has 1 atom stereocenters. The quantitative estimate of drug-likeness (QED) is 0.0262. The van der Waals surface area contributed by atoms with Gasteiger partial charge in [-0.05, 0) is 83.5 Å². The van der Waals surface area contributed by atoms with Crippen molar-refractivity contribution in [1.82, 2.24) is 0 Å². The van der Waals surface area contributed by atoms with E-state index in [1.165, 1.54) is 154 Å². The highest BCUT2D eigenvalue weighted by atomic mass is 16.6. The van der Waals surface area contributed by atoms with Gasteiger partial charge in [0.15, 0.2) is 6.10 Å². The van der Waals surface area contributed by atoms with Crippen LogP contribution in [0.2, 0.25) is 0 Å². The molecular weight excluding hydrogens is 805 g/mol. The Hall–Kier alpha value is -2.89. The van der Waals surface area contributed by atoms with Gasteiger partial charge < -0.3 is 14.2 Å². The fraction of sp³-hybridized carbons (Fsp3) is 0.780. The summed E-state index contributed by atoms with van der Waals surface area (Å²) in [5.41, 5.74) is 0. The summed E-state index contributed by atoms with van der Waals surface area (Å²) in [7, 11) is 0. The number of carbonyl (C=O) groups is 3. The zero-order chi connectivity index (χ0) is 47.2. The summed E-state index contributed by atoms with van der Waals surface area (Å²) >= 11 is 0. The van der Waals surface area contributed by atoms with Crippen molar-refractivity contribution < 1.29 is 28.6 Å². The van der Waals surface area contributed by atoms with E-state index in [4.69, 9.17) is 14.2 Å². The van der Waals surface area contributed by atoms with Crippen molar-refractivity contribution in [2.24, 2.45) is 0 Å². The van der Waals surface area contributed by atoms with Crippen LogP contribution in [-0.2, 0) is 28.6 Å². The van der Waals surface area contributed by atoms with E-state index in [0.717, 1.165) is 77.0 Å². The molecular formula is C59H104O6. The van der Waals surface area contributed by atoms with Gasteiger partial charge in [-0.2, -0.15) is 0 Å². The number of carbonyl (C=O) groups excluding carboxylic acids is 3. The Morgan fingerprint density at radius 1 is 0.323 bits per heavy atom. The van der Waals surface area contributed by atoms with E-state index in [2.05, 4.69) is 81.5 Å². The maximum absolute atomic E-state index is 12.8. The Labute approximate surface area is 402 Å². The maximum atomic E-state index is 12.8. The molecule has 0 N–H and O–H groups in total. The lowest BCUT2D eigenvalue weighted by molar-refractivity contribution is -0.167. The minimum Gasteiger partial charge on any atom is -0.462 e. The Bertz CT molecular complexity index is 1180. The van der Waals surface area contributed by atoms with Crippen molar-refractivity contribution >= 4 is 17.9 Å². The summed E-state index contributed by atoms with van der Waals surface area (Å²) in [5.74, 6) is -0.924. The maximum Gasteiger partial charge on any atom is 0.306 e. The molecule has 6 heteroatoms. The third kappa shape index (κ3) is 51.9. The molecule has 0 aliphatic carbocycles. The van der Waals surface area contributed by atoms with Crippen LogP contribution in [-0.4, -0.2) is 37.2 Å². The third-order valence-electron chi connectivity index (χ3n) is 12.0. The lowest BCUT2D eigenvalue weighted by Crippen LogP contribution is -2.30. The first-order valence-corrected chi connectivity index (χ1v) is 27.8. The van der Waals surface area contributed by atoms with Crippen molar-refractivity contribution in [3.05, 3.63) is 60.8 Å². The van der Waals surface area contributed by atoms with Gasteiger partial charge in [0.2, 0.25) is 0 Å². The van der Waals surface area contributed by atoms with E-state index < -0.39 is 6.10 Å². The molecule has 0 heterocycles. The van der Waals surface area contributed by atoms with Crippen LogP contribution in [0.1, 0.15) is 278 Å². The predicted octanol–water partition coefficient (Wildman–Crippen LogP) is 18.4. The second kappa shape index (κ2) is 53.7. The monoisotopic (exact) mass is 909 g/mol. The Morgan fingerprint density at radius 2 is 0.600 bits per heavy atom. The number of hydrogen-bond donors (Lipinski definition) is 0. The van der Waals surface area contributed by atoms with Crippen molar-refractivity contribution in [2.75, 3.05) is 13.2 Å². The van der Waals surface area contributed by atoms with Crippen LogP contribution < -0.4 is 0 Å². The lowest BCUT2D eigenvalue weighted by atomic mass is 10.0. The van der Waals surface area contributed by atoms with Gasteiger partial charge >= 0.3 is 17.9 Å². The highest BCUT2D eigenvalue weighted by molar-refractivity contribution is 5.71. The van der Waals surface area contributed by atoms with Gasteiger partial charge in [0.25, 0.3) is 0 Å². The van der Waals surface area contributed by atoms with E-state index in [9.17, 15) is 14.4 Å². The third-order valence-corrected chi connectivity index (χ3v) is 12.0. The number of esters is 3. The summed E-state index contributed by atoms with van der Waals surface area (Å²) in [5, 5.41) is 0. The molecule has 376 valence electrons. The summed E-state index contributed by atoms with van der Waals surface area (Å²) < 4.78 is 16.8. The summed E-state index contributed by atoms with van der Waals surface area (Å²) in [6, 6.07) is 0. The predicted molar refractivity (Wildman–Crippen MR) is 279 cm³/mol. The van der Waals surface area contributed by atoms with Crippen molar-refractivity contribution in [1.29, 1.82) is 0 Å². The van der Waals surface area contributed by atoms with E-state index in [1.54, 1.807) is 0 Å². The van der Waals surface area contributed by atoms with Crippen LogP contribution >= 0.6 is 0 Å². The Morgan fingerprint density at radius 3 is 0.985 bits per heavy atom. The van der Waals surface area contributed by atoms with Crippen molar-refractivity contribution in [3.63, 3.8) is 0 Å². The SMILES string of the molecule is CC/C=C\C/C=C\C/C=C\C/C=C\CCCCC(=O)O[C@@H](COC(=O)CCCCCCCCCCCCC)COC(=O)CCCCCCCCCCCCC/C=C\CCCCCCCC. The molecule has 0 aliphatic rings. The van der Waals surface area contributed by atoms with Crippen LogP contribution in [0.3, 0.4) is 0 Å². The van der Waals surface area contributed by atoms with E-state index in [0.29, 0.717) is 19.3 Å². The van der Waals surface area contributed by atoms with E-state index >= 15 is 0 Å². The van der Waals surface area contributed by atoms with Gasteiger partial charge in [-0.15, -0.1) is 0 Å². The molecule has 0 radical (unpaired) electrons. The standard InChI is InChI=1S/C59H104O6/c1-4-7-10-13-16-19-22-24-26-27-28-29-30-31-33-34-37-40-43-46-49-52-58(61)64-55-56(54-63-57(60)51-48-45-42-39-36-21-18-15-12-9-6-3)65-59(62)53-50-47-44-41-38-35-32-25-23-20-17-14-11-8-5-2/h8,11,17,20,24-26,32,38,41,56H,4-7,9-10,12-16,18-19,21-23,27-31,33-37,39-40,42-55H2,1-3H3/b11-8-,20-17-,26-24-,32-25-,41-38-/t56-/m0/s1. The molecule has 0 fully saturated rings. The lowest BCUT2D eigenvalue weighted by Gasteiger charge is -2.18. The van der Waals surface area contributed by atoms with Gasteiger partial charge in [-0.1, -0.05) is 236 Å². The molecule has 0 unspecified atom stereocenters. The first kappa shape index (κ1) is 62.1. The van der Waals surface area contributed by atoms with E-state index in [1.807, 2.05) is 0 Å². The van der Waals surface area contributed by atoms with Gasteiger partial charge in [0.1, 0.15) is 13.2 Å². The number of rotatable bonds is 50. The zero-order valence-electron chi connectivity index (χ0n) is 43.0. The van der Waals surface area contributed by atoms with E-state index in [-0.39, 0.29) is 37.5 Å². The summed E-state index contributed by atoms with van der Waals surface area (Å²) in [4.78, 5) is 38.0. The average molecular weight is 909 g/mol. The first-order valence-electron chi connectivity index (χ1n) is 27.8. The molecule has 0 rings (SSSR count). The molecule has 0 saturated heterocycles. The van der Waals surface area contributed by atoms with Crippen LogP contribution in [0.5, 0.6) is 0 Å². The summed E-state index contributed by atoms with van der Waals surface area (Å²) in [6.45, 7) is 6.50. The highest BCUT2D eigenvalue weighted by Gasteiger charge is 2.19. The van der Waals surface area contributed by atoms with Crippen molar-refractivity contribution in [2.45, 2.75) is 284 Å². The molecule has 0 aromatic carbocycles. The van der Waals surface area contributed by atoms with Gasteiger partial charge in [0, 0.05) is 19.3 Å². The molecule has 6 nitrogen and oxygen atoms in total. The zero-order valence-corrected chi connectivity index (χ0v) is 43.0. The molecule has 65 heavy (non-hydrogen) atoms. The van der Waals surface area contributed by atoms with Crippen LogP contribution in [0.25, 0.3) is 0 Å². The normalized spacial score (nSPS) is 12.5. The fourth-order valence-electron chi connectivity index (χ4n) is 7.84. The molecule has 0 amide bonds. The molecule has 0 aromatic rings. The second-order valence-corrected chi connectivity index (χ2v) is 18.5. The van der Waals surface area contributed by atoms with Gasteiger partial charge in [-0.3, -0.25) is 14.4 Å². The minimum absolute atomic E-state index is 0.0888. The Balaban J connectivity index is 4.33. The van der Waals surface area contributed by atoms with Crippen LogP contribution in [0.15, 0.2) is 60.8 Å².